The molecule has 112 valence electrons. The number of pyridine rings is 1. The summed E-state index contributed by atoms with van der Waals surface area (Å²) in [4.78, 5) is 18.4. The second-order valence-electron chi connectivity index (χ2n) is 5.98. The Hall–Kier alpha value is -2.09. The second kappa shape index (κ2) is 6.13. The number of hydrogen-bond acceptors (Lipinski definition) is 5. The van der Waals surface area contributed by atoms with Crippen LogP contribution in [0.3, 0.4) is 0 Å². The topological polar surface area (TPSA) is 66.2 Å². The summed E-state index contributed by atoms with van der Waals surface area (Å²) in [6, 6.07) is 5.73. The fraction of sp³-hybridized carbons (Fsp3) is 0.562. The van der Waals surface area contributed by atoms with Crippen molar-refractivity contribution in [2.24, 2.45) is 11.3 Å². The van der Waals surface area contributed by atoms with Crippen LogP contribution < -0.4 is 4.90 Å². The van der Waals surface area contributed by atoms with Crippen molar-refractivity contribution in [2.45, 2.75) is 26.7 Å². The number of aromatic nitrogens is 1. The number of hydrogen-bond donors (Lipinski definition) is 0. The summed E-state index contributed by atoms with van der Waals surface area (Å²) in [6.07, 6.45) is 3.66. The molecule has 0 bridgehead atoms. The molecule has 0 radical (unpaired) electrons. The molecule has 0 aromatic carbocycles. The predicted molar refractivity (Wildman–Crippen MR) is 79.7 cm³/mol. The molecular formula is C16H21N3O2. The number of carbonyl (C=O) groups excluding carboxylic acids is 1. The Bertz CT molecular complexity index is 563. The highest BCUT2D eigenvalue weighted by molar-refractivity contribution is 5.76. The van der Waals surface area contributed by atoms with Crippen molar-refractivity contribution in [3.63, 3.8) is 0 Å². The molecule has 1 saturated heterocycles. The summed E-state index contributed by atoms with van der Waals surface area (Å²) in [6.45, 7) is 5.43. The predicted octanol–water partition coefficient (Wildman–Crippen LogP) is 2.37. The largest absolute Gasteiger partial charge is 0.469 e. The molecule has 0 amide bonds. The molecule has 1 aliphatic rings. The van der Waals surface area contributed by atoms with E-state index in [-0.39, 0.29) is 11.9 Å². The van der Waals surface area contributed by atoms with Gasteiger partial charge >= 0.3 is 5.97 Å². The molecule has 0 saturated carbocycles. The second-order valence-corrected chi connectivity index (χ2v) is 5.98. The minimum Gasteiger partial charge on any atom is -0.469 e. The highest BCUT2D eigenvalue weighted by atomic mass is 16.5. The van der Waals surface area contributed by atoms with Crippen LogP contribution in [0.15, 0.2) is 18.3 Å². The first-order valence-electron chi connectivity index (χ1n) is 7.19. The summed E-state index contributed by atoms with van der Waals surface area (Å²) in [5.74, 6) is 0.716. The van der Waals surface area contributed by atoms with Gasteiger partial charge in [0.05, 0.1) is 18.1 Å². The van der Waals surface area contributed by atoms with Gasteiger partial charge in [0.15, 0.2) is 0 Å². The standard InChI is InChI=1S/C16H21N3O2/c1-16(2,15(20)21-3)13-7-5-9-19(11-13)14-12(10-17)6-4-8-18-14/h4,6,8,13H,5,7,9,11H2,1-3H3. The molecule has 1 atom stereocenters. The molecule has 1 unspecified atom stereocenters. The van der Waals surface area contributed by atoms with Crippen LogP contribution in [0.1, 0.15) is 32.3 Å². The van der Waals surface area contributed by atoms with Crippen molar-refractivity contribution in [2.75, 3.05) is 25.1 Å². The van der Waals surface area contributed by atoms with Gasteiger partial charge in [-0.1, -0.05) is 0 Å². The van der Waals surface area contributed by atoms with E-state index >= 15 is 0 Å². The number of esters is 1. The first-order chi connectivity index (χ1) is 10.0. The molecule has 0 N–H and O–H groups in total. The van der Waals surface area contributed by atoms with E-state index in [0.717, 1.165) is 19.4 Å². The van der Waals surface area contributed by atoms with Crippen LogP contribution in [0, 0.1) is 22.7 Å². The Balaban J connectivity index is 2.22. The molecular weight excluding hydrogens is 266 g/mol. The zero-order valence-corrected chi connectivity index (χ0v) is 12.8. The monoisotopic (exact) mass is 287 g/mol. The van der Waals surface area contributed by atoms with Crippen molar-refractivity contribution in [3.05, 3.63) is 23.9 Å². The van der Waals surface area contributed by atoms with E-state index in [1.807, 2.05) is 13.8 Å². The number of methoxy groups -OCH3 is 1. The summed E-state index contributed by atoms with van der Waals surface area (Å²) in [5, 5.41) is 9.21. The first-order valence-corrected chi connectivity index (χ1v) is 7.19. The van der Waals surface area contributed by atoms with Gasteiger partial charge in [0, 0.05) is 19.3 Å². The maximum absolute atomic E-state index is 12.0. The van der Waals surface area contributed by atoms with Gasteiger partial charge in [0.25, 0.3) is 0 Å². The van der Waals surface area contributed by atoms with Crippen LogP contribution in [0.5, 0.6) is 0 Å². The Labute approximate surface area is 125 Å². The highest BCUT2D eigenvalue weighted by Crippen LogP contribution is 2.36. The Kier molecular flexibility index (Phi) is 4.46. The van der Waals surface area contributed by atoms with Gasteiger partial charge in [0.1, 0.15) is 11.9 Å². The average Bonchev–Trinajstić information content (AvgIpc) is 2.54. The molecule has 2 rings (SSSR count). The van der Waals surface area contributed by atoms with Crippen LogP contribution in [0.4, 0.5) is 5.82 Å². The number of anilines is 1. The lowest BCUT2D eigenvalue weighted by Gasteiger charge is -2.40. The molecule has 2 heterocycles. The van der Waals surface area contributed by atoms with E-state index in [1.165, 1.54) is 7.11 Å². The number of nitriles is 1. The summed E-state index contributed by atoms with van der Waals surface area (Å²) >= 11 is 0. The van der Waals surface area contributed by atoms with Crippen LogP contribution in [-0.2, 0) is 9.53 Å². The van der Waals surface area contributed by atoms with Crippen molar-refractivity contribution in [1.82, 2.24) is 4.98 Å². The minimum absolute atomic E-state index is 0.184. The van der Waals surface area contributed by atoms with Crippen molar-refractivity contribution in [1.29, 1.82) is 5.26 Å². The van der Waals surface area contributed by atoms with Crippen LogP contribution >= 0.6 is 0 Å². The van der Waals surface area contributed by atoms with Gasteiger partial charge in [0.2, 0.25) is 0 Å². The highest BCUT2D eigenvalue weighted by Gasteiger charge is 2.40. The Morgan fingerprint density at radius 3 is 3.00 bits per heavy atom. The van der Waals surface area contributed by atoms with E-state index in [0.29, 0.717) is 17.9 Å². The van der Waals surface area contributed by atoms with Gasteiger partial charge < -0.3 is 9.64 Å². The number of rotatable bonds is 3. The van der Waals surface area contributed by atoms with Gasteiger partial charge in [-0.3, -0.25) is 4.79 Å². The lowest BCUT2D eigenvalue weighted by atomic mass is 9.74. The molecule has 5 heteroatoms. The molecule has 0 spiro atoms. The molecule has 1 fully saturated rings. The Morgan fingerprint density at radius 1 is 1.57 bits per heavy atom. The number of ether oxygens (including phenoxy) is 1. The third-order valence-corrected chi connectivity index (χ3v) is 4.36. The van der Waals surface area contributed by atoms with Gasteiger partial charge in [-0.05, 0) is 44.7 Å². The zero-order chi connectivity index (χ0) is 15.5. The first kappa shape index (κ1) is 15.3. The van der Waals surface area contributed by atoms with Crippen LogP contribution in [0.2, 0.25) is 0 Å². The smallest absolute Gasteiger partial charge is 0.311 e. The molecule has 1 aromatic rings. The lowest BCUT2D eigenvalue weighted by Crippen LogP contribution is -2.45. The summed E-state index contributed by atoms with van der Waals surface area (Å²) in [7, 11) is 1.43. The number of nitrogens with zero attached hydrogens (tertiary/aromatic N) is 3. The molecule has 1 aromatic heterocycles. The van der Waals surface area contributed by atoms with Crippen molar-refractivity contribution >= 4 is 11.8 Å². The SMILES string of the molecule is COC(=O)C(C)(C)C1CCCN(c2ncccc2C#N)C1. The normalized spacial score (nSPS) is 19.0. The van der Waals surface area contributed by atoms with E-state index in [1.54, 1.807) is 18.3 Å². The minimum atomic E-state index is -0.533. The summed E-state index contributed by atoms with van der Waals surface area (Å²) < 4.78 is 4.93. The van der Waals surface area contributed by atoms with Gasteiger partial charge in [-0.25, -0.2) is 4.98 Å². The molecule has 5 nitrogen and oxygen atoms in total. The van der Waals surface area contributed by atoms with Crippen LogP contribution in [0.25, 0.3) is 0 Å². The van der Waals surface area contributed by atoms with Gasteiger partial charge in [-0.15, -0.1) is 0 Å². The fourth-order valence-electron chi connectivity index (χ4n) is 2.92. The quantitative estimate of drug-likeness (QED) is 0.798. The van der Waals surface area contributed by atoms with Gasteiger partial charge in [-0.2, -0.15) is 5.26 Å². The third kappa shape index (κ3) is 2.99. The summed E-state index contributed by atoms with van der Waals surface area (Å²) in [5.41, 5.74) is 0.0451. The van der Waals surface area contributed by atoms with Crippen molar-refractivity contribution in [3.8, 4) is 6.07 Å². The maximum Gasteiger partial charge on any atom is 0.311 e. The van der Waals surface area contributed by atoms with Crippen molar-refractivity contribution < 1.29 is 9.53 Å². The maximum atomic E-state index is 12.0. The van der Waals surface area contributed by atoms with E-state index in [4.69, 9.17) is 4.74 Å². The van der Waals surface area contributed by atoms with E-state index in [9.17, 15) is 10.1 Å². The zero-order valence-electron chi connectivity index (χ0n) is 12.8. The molecule has 21 heavy (non-hydrogen) atoms. The molecule has 1 aliphatic heterocycles. The van der Waals surface area contributed by atoms with E-state index in [2.05, 4.69) is 16.0 Å². The number of carbonyl (C=O) groups is 1. The molecule has 0 aliphatic carbocycles. The Morgan fingerprint density at radius 2 is 2.33 bits per heavy atom. The third-order valence-electron chi connectivity index (χ3n) is 4.36. The average molecular weight is 287 g/mol. The number of piperidine rings is 1. The van der Waals surface area contributed by atoms with E-state index < -0.39 is 5.41 Å². The fourth-order valence-corrected chi connectivity index (χ4v) is 2.92. The van der Waals surface area contributed by atoms with Crippen LogP contribution in [-0.4, -0.2) is 31.2 Å². The lowest BCUT2D eigenvalue weighted by molar-refractivity contribution is -0.154.